The monoisotopic (exact) mass is 334 g/mol. The first kappa shape index (κ1) is 18.2. The Morgan fingerprint density at radius 3 is 1.28 bits per heavy atom. The summed E-state index contributed by atoms with van der Waals surface area (Å²) in [4.78, 5) is 0. The van der Waals surface area contributed by atoms with Gasteiger partial charge in [0.05, 0.1) is 0 Å². The average molecular weight is 335 g/mol. The van der Waals surface area contributed by atoms with Gasteiger partial charge in [0.15, 0.2) is 0 Å². The molecule has 134 valence electrons. The van der Waals surface area contributed by atoms with Gasteiger partial charge in [-0.3, -0.25) is 0 Å². The van der Waals surface area contributed by atoms with Crippen molar-refractivity contribution >= 4 is 0 Å². The van der Waals surface area contributed by atoms with Crippen LogP contribution in [0.25, 0.3) is 11.1 Å². The average Bonchev–Trinajstić information content (AvgIpc) is 2.87. The van der Waals surface area contributed by atoms with Crippen molar-refractivity contribution in [3.8, 4) is 11.1 Å². The van der Waals surface area contributed by atoms with E-state index < -0.39 is 0 Å². The Labute approximate surface area is 154 Å². The molecule has 0 heterocycles. The number of benzene rings is 2. The lowest BCUT2D eigenvalue weighted by Gasteiger charge is -2.25. The summed E-state index contributed by atoms with van der Waals surface area (Å²) >= 11 is 0. The lowest BCUT2D eigenvalue weighted by atomic mass is 9.79. The fourth-order valence-electron chi connectivity index (χ4n) is 4.37. The molecule has 3 rings (SSSR count). The second-order valence-electron chi connectivity index (χ2n) is 9.72. The molecule has 2 aromatic carbocycles. The molecule has 0 aliphatic heterocycles. The minimum Gasteiger partial charge on any atom is -0.0613 e. The number of aryl methyl sites for hydroxylation is 2. The molecule has 0 heteroatoms. The first-order valence-corrected chi connectivity index (χ1v) is 9.89. The first-order chi connectivity index (χ1) is 11.6. The molecule has 0 saturated heterocycles. The lowest BCUT2D eigenvalue weighted by molar-refractivity contribution is 0.582. The highest BCUT2D eigenvalue weighted by Gasteiger charge is 2.27. The van der Waals surface area contributed by atoms with Gasteiger partial charge in [-0.2, -0.15) is 0 Å². The Morgan fingerprint density at radius 2 is 1.00 bits per heavy atom. The van der Waals surface area contributed by atoms with Crippen molar-refractivity contribution in [1.82, 2.24) is 0 Å². The standard InChI is InChI=1S/C25H34/c1-9-16-11-18-13-19-12-17(10-2)23(25(6,7)8)15-21(19)20(18)14-22(16)24(3,4)5/h11-12,14-15H,9-10,13H2,1-8H3. The molecule has 0 aromatic heterocycles. The highest BCUT2D eigenvalue weighted by molar-refractivity contribution is 5.79. The van der Waals surface area contributed by atoms with Crippen molar-refractivity contribution in [3.05, 3.63) is 57.6 Å². The van der Waals surface area contributed by atoms with Crippen LogP contribution in [0.1, 0.15) is 88.8 Å². The van der Waals surface area contributed by atoms with Crippen LogP contribution in [0.4, 0.5) is 0 Å². The van der Waals surface area contributed by atoms with Crippen LogP contribution >= 0.6 is 0 Å². The Bertz CT molecular complexity index is 738. The van der Waals surface area contributed by atoms with Gasteiger partial charge in [0.2, 0.25) is 0 Å². The molecule has 0 amide bonds. The molecule has 0 radical (unpaired) electrons. The van der Waals surface area contributed by atoms with Crippen LogP contribution in [-0.4, -0.2) is 0 Å². The molecule has 0 N–H and O–H groups in total. The summed E-state index contributed by atoms with van der Waals surface area (Å²) in [5.74, 6) is 0. The van der Waals surface area contributed by atoms with Crippen molar-refractivity contribution < 1.29 is 0 Å². The van der Waals surface area contributed by atoms with Gasteiger partial charge in [0, 0.05) is 0 Å². The van der Waals surface area contributed by atoms with Crippen LogP contribution < -0.4 is 0 Å². The van der Waals surface area contributed by atoms with Crippen LogP contribution in [0.3, 0.4) is 0 Å². The Morgan fingerprint density at radius 1 is 0.640 bits per heavy atom. The van der Waals surface area contributed by atoms with Gasteiger partial charge in [-0.1, -0.05) is 79.7 Å². The molecule has 0 saturated carbocycles. The molecule has 1 aliphatic carbocycles. The Kier molecular flexibility index (Phi) is 4.38. The van der Waals surface area contributed by atoms with E-state index in [0.717, 1.165) is 19.3 Å². The molecule has 0 unspecified atom stereocenters. The van der Waals surface area contributed by atoms with Crippen LogP contribution in [0.2, 0.25) is 0 Å². The molecule has 0 fully saturated rings. The Hall–Kier alpha value is -1.56. The summed E-state index contributed by atoms with van der Waals surface area (Å²) < 4.78 is 0. The van der Waals surface area contributed by atoms with Crippen LogP contribution in [0.15, 0.2) is 24.3 Å². The summed E-state index contributed by atoms with van der Waals surface area (Å²) in [6.07, 6.45) is 3.33. The lowest BCUT2D eigenvalue weighted by Crippen LogP contribution is -2.15. The van der Waals surface area contributed by atoms with E-state index in [1.165, 1.54) is 44.5 Å². The summed E-state index contributed by atoms with van der Waals surface area (Å²) in [6, 6.07) is 9.96. The summed E-state index contributed by atoms with van der Waals surface area (Å²) in [7, 11) is 0. The third kappa shape index (κ3) is 3.16. The number of hydrogen-bond acceptors (Lipinski definition) is 0. The van der Waals surface area contributed by atoms with E-state index in [0.29, 0.717) is 0 Å². The smallest absolute Gasteiger partial charge is 0.00132 e. The molecule has 0 atom stereocenters. The molecular weight excluding hydrogens is 300 g/mol. The molecule has 1 aliphatic rings. The van der Waals surface area contributed by atoms with E-state index in [1.807, 2.05) is 0 Å². The predicted molar refractivity (Wildman–Crippen MR) is 111 cm³/mol. The number of rotatable bonds is 2. The summed E-state index contributed by atoms with van der Waals surface area (Å²) in [6.45, 7) is 18.6. The van der Waals surface area contributed by atoms with Crippen LogP contribution in [-0.2, 0) is 30.1 Å². The second-order valence-corrected chi connectivity index (χ2v) is 9.72. The maximum absolute atomic E-state index is 2.50. The third-order valence-electron chi connectivity index (χ3n) is 5.71. The van der Waals surface area contributed by atoms with E-state index in [9.17, 15) is 0 Å². The minimum atomic E-state index is 0.194. The van der Waals surface area contributed by atoms with Crippen molar-refractivity contribution in [1.29, 1.82) is 0 Å². The maximum Gasteiger partial charge on any atom is -0.00132 e. The highest BCUT2D eigenvalue weighted by atomic mass is 14.3. The molecule has 0 nitrogen and oxygen atoms in total. The quantitative estimate of drug-likeness (QED) is 0.474. The van der Waals surface area contributed by atoms with Gasteiger partial charge in [0.25, 0.3) is 0 Å². The number of hydrogen-bond donors (Lipinski definition) is 0. The highest BCUT2D eigenvalue weighted by Crippen LogP contribution is 2.43. The zero-order valence-corrected chi connectivity index (χ0v) is 17.4. The van der Waals surface area contributed by atoms with Crippen LogP contribution in [0, 0.1) is 0 Å². The molecule has 2 aromatic rings. The van der Waals surface area contributed by atoms with E-state index in [-0.39, 0.29) is 10.8 Å². The minimum absolute atomic E-state index is 0.194. The van der Waals surface area contributed by atoms with E-state index in [1.54, 1.807) is 0 Å². The Balaban J connectivity index is 2.24. The van der Waals surface area contributed by atoms with E-state index in [4.69, 9.17) is 0 Å². The van der Waals surface area contributed by atoms with Gasteiger partial charge in [-0.25, -0.2) is 0 Å². The molecule has 25 heavy (non-hydrogen) atoms. The molecule has 0 bridgehead atoms. The number of fused-ring (bicyclic) bond motifs is 3. The topological polar surface area (TPSA) is 0 Å². The SMILES string of the molecule is CCc1cc2c(cc1C(C)(C)C)-c1cc(C(C)(C)C)c(CC)cc1C2. The first-order valence-electron chi connectivity index (χ1n) is 9.89. The zero-order valence-electron chi connectivity index (χ0n) is 17.4. The van der Waals surface area contributed by atoms with Gasteiger partial charge < -0.3 is 0 Å². The predicted octanol–water partition coefficient (Wildman–Crippen LogP) is 6.98. The second kappa shape index (κ2) is 6.01. The van der Waals surface area contributed by atoms with Crippen molar-refractivity contribution in [2.24, 2.45) is 0 Å². The normalized spacial score (nSPS) is 13.8. The zero-order chi connectivity index (χ0) is 18.6. The van der Waals surface area contributed by atoms with Gasteiger partial charge in [0.1, 0.15) is 0 Å². The molecule has 0 spiro atoms. The largest absolute Gasteiger partial charge is 0.0613 e. The van der Waals surface area contributed by atoms with E-state index in [2.05, 4.69) is 79.7 Å². The van der Waals surface area contributed by atoms with Crippen molar-refractivity contribution in [3.63, 3.8) is 0 Å². The van der Waals surface area contributed by atoms with Crippen molar-refractivity contribution in [2.45, 2.75) is 85.5 Å². The third-order valence-corrected chi connectivity index (χ3v) is 5.71. The van der Waals surface area contributed by atoms with Gasteiger partial charge in [-0.15, -0.1) is 0 Å². The fourth-order valence-corrected chi connectivity index (χ4v) is 4.37. The summed E-state index contributed by atoms with van der Waals surface area (Å²) in [5, 5.41) is 0. The molecular formula is C25H34. The van der Waals surface area contributed by atoms with Gasteiger partial charge >= 0.3 is 0 Å². The maximum atomic E-state index is 2.50. The van der Waals surface area contributed by atoms with Gasteiger partial charge in [-0.05, 0) is 74.6 Å². The fraction of sp³-hybridized carbons (Fsp3) is 0.520. The van der Waals surface area contributed by atoms with Crippen LogP contribution in [0.5, 0.6) is 0 Å². The summed E-state index contributed by atoms with van der Waals surface area (Å²) in [5.41, 5.74) is 12.4. The van der Waals surface area contributed by atoms with Crippen molar-refractivity contribution in [2.75, 3.05) is 0 Å². The van der Waals surface area contributed by atoms with E-state index >= 15 is 0 Å².